The third kappa shape index (κ3) is 5.09. The molecule has 34 heavy (non-hydrogen) atoms. The van der Waals surface area contributed by atoms with Crippen LogP contribution in [-0.2, 0) is 24.5 Å². The summed E-state index contributed by atoms with van der Waals surface area (Å²) in [4.78, 5) is 31.2. The van der Waals surface area contributed by atoms with E-state index in [-0.39, 0.29) is 24.5 Å². The van der Waals surface area contributed by atoms with Gasteiger partial charge in [0.15, 0.2) is 5.54 Å². The zero-order valence-electron chi connectivity index (χ0n) is 20.2. The highest BCUT2D eigenvalue weighted by molar-refractivity contribution is 6.06. The molecular weight excluding hydrogens is 445 g/mol. The number of nitrogens with zero attached hydrogens (tertiary/aromatic N) is 2. The van der Waals surface area contributed by atoms with Gasteiger partial charge in [0.2, 0.25) is 0 Å². The SMILES string of the molecule is C#C[C@]1(c2cc(N)ccc2F)N=C(N(C(=O)OC(C)(C)C)C(=O)OC(C)(C)C)O[C@@H]2COC[C@@H]21. The van der Waals surface area contributed by atoms with Gasteiger partial charge in [-0.1, -0.05) is 5.92 Å². The molecule has 0 radical (unpaired) electrons. The number of nitrogen functional groups attached to an aromatic ring is 1. The molecule has 0 aromatic heterocycles. The lowest BCUT2D eigenvalue weighted by atomic mass is 9.76. The molecule has 1 aromatic carbocycles. The van der Waals surface area contributed by atoms with Crippen molar-refractivity contribution in [2.24, 2.45) is 10.9 Å². The Bertz CT molecular complexity index is 1020. The molecule has 2 aliphatic heterocycles. The van der Waals surface area contributed by atoms with E-state index in [1.54, 1.807) is 41.5 Å². The van der Waals surface area contributed by atoms with E-state index in [0.717, 1.165) is 0 Å². The molecule has 1 aromatic rings. The summed E-state index contributed by atoms with van der Waals surface area (Å²) in [5, 5.41) is 0. The first-order valence-corrected chi connectivity index (χ1v) is 10.8. The number of amidine groups is 1. The average molecular weight is 476 g/mol. The van der Waals surface area contributed by atoms with Gasteiger partial charge in [-0.2, -0.15) is 0 Å². The molecule has 1 saturated heterocycles. The summed E-state index contributed by atoms with van der Waals surface area (Å²) in [5.74, 6) is 1.31. The monoisotopic (exact) mass is 475 g/mol. The molecule has 0 aliphatic carbocycles. The molecule has 1 fully saturated rings. The fraction of sp³-hybridized carbons (Fsp3) is 0.542. The Morgan fingerprint density at radius 1 is 1.18 bits per heavy atom. The van der Waals surface area contributed by atoms with Gasteiger partial charge in [-0.25, -0.2) is 19.0 Å². The van der Waals surface area contributed by atoms with Crippen molar-refractivity contribution in [1.29, 1.82) is 0 Å². The minimum absolute atomic E-state index is 0.00428. The first-order valence-electron chi connectivity index (χ1n) is 10.8. The van der Waals surface area contributed by atoms with Crippen LogP contribution in [-0.4, -0.2) is 53.6 Å². The minimum atomic E-state index is -1.67. The van der Waals surface area contributed by atoms with Gasteiger partial charge in [-0.3, -0.25) is 0 Å². The van der Waals surface area contributed by atoms with Crippen LogP contribution in [0, 0.1) is 24.1 Å². The van der Waals surface area contributed by atoms with E-state index in [4.69, 9.17) is 31.1 Å². The third-order valence-electron chi connectivity index (χ3n) is 5.06. The van der Waals surface area contributed by atoms with Crippen LogP contribution in [0.3, 0.4) is 0 Å². The van der Waals surface area contributed by atoms with Crippen LogP contribution in [0.2, 0.25) is 0 Å². The number of anilines is 1. The van der Waals surface area contributed by atoms with Gasteiger partial charge < -0.3 is 24.7 Å². The number of ether oxygens (including phenoxy) is 4. The molecule has 2 amide bonds. The van der Waals surface area contributed by atoms with Crippen LogP contribution in [0.1, 0.15) is 47.1 Å². The maximum Gasteiger partial charge on any atom is 0.428 e. The fourth-order valence-electron chi connectivity index (χ4n) is 3.70. The second-order valence-electron chi connectivity index (χ2n) is 10.1. The Hall–Kier alpha value is -3.32. The van der Waals surface area contributed by atoms with Crippen molar-refractivity contribution in [2.75, 3.05) is 18.9 Å². The number of rotatable bonds is 1. The second kappa shape index (κ2) is 8.80. The van der Waals surface area contributed by atoms with Crippen molar-refractivity contribution in [3.8, 4) is 12.3 Å². The lowest BCUT2D eigenvalue weighted by Crippen LogP contribution is -2.54. The van der Waals surface area contributed by atoms with Crippen LogP contribution in [0.25, 0.3) is 0 Å². The number of imide groups is 1. The van der Waals surface area contributed by atoms with Gasteiger partial charge in [-0.15, -0.1) is 11.3 Å². The molecule has 3 rings (SSSR count). The lowest BCUT2D eigenvalue weighted by molar-refractivity contribution is 0.00201. The molecule has 0 unspecified atom stereocenters. The van der Waals surface area contributed by atoms with Crippen LogP contribution in [0.5, 0.6) is 0 Å². The van der Waals surface area contributed by atoms with Gasteiger partial charge in [-0.05, 0) is 59.7 Å². The topological polar surface area (TPSA) is 113 Å². The number of hydrogen-bond acceptors (Lipinski definition) is 8. The summed E-state index contributed by atoms with van der Waals surface area (Å²) in [7, 11) is 0. The van der Waals surface area contributed by atoms with Gasteiger partial charge in [0, 0.05) is 11.3 Å². The van der Waals surface area contributed by atoms with E-state index in [1.807, 2.05) is 0 Å². The summed E-state index contributed by atoms with van der Waals surface area (Å²) in [5.41, 5.74) is 2.61. The van der Waals surface area contributed by atoms with Crippen molar-refractivity contribution in [2.45, 2.75) is 64.4 Å². The Morgan fingerprint density at radius 3 is 2.29 bits per heavy atom. The van der Waals surface area contributed by atoms with E-state index >= 15 is 4.39 Å². The quantitative estimate of drug-likeness (QED) is 0.485. The Kier molecular flexibility index (Phi) is 6.55. The molecule has 2 heterocycles. The Labute approximate surface area is 198 Å². The van der Waals surface area contributed by atoms with E-state index in [1.165, 1.54) is 18.2 Å². The highest BCUT2D eigenvalue weighted by atomic mass is 19.1. The number of amides is 2. The number of nitrogens with two attached hydrogens (primary N) is 1. The number of carbonyl (C=O) groups excluding carboxylic acids is 2. The van der Waals surface area contributed by atoms with E-state index in [9.17, 15) is 9.59 Å². The average Bonchev–Trinajstić information content (AvgIpc) is 3.15. The van der Waals surface area contributed by atoms with Crippen molar-refractivity contribution in [3.05, 3.63) is 29.6 Å². The highest BCUT2D eigenvalue weighted by Crippen LogP contribution is 2.44. The van der Waals surface area contributed by atoms with E-state index in [2.05, 4.69) is 10.9 Å². The molecule has 0 bridgehead atoms. The predicted molar refractivity (Wildman–Crippen MR) is 122 cm³/mol. The Morgan fingerprint density at radius 2 is 1.76 bits per heavy atom. The Balaban J connectivity index is 2.20. The first kappa shape index (κ1) is 25.3. The number of hydrogen-bond donors (Lipinski definition) is 1. The summed E-state index contributed by atoms with van der Waals surface area (Å²) >= 11 is 0. The predicted octanol–water partition coefficient (Wildman–Crippen LogP) is 3.81. The molecule has 2 aliphatic rings. The number of aliphatic imine (C=N–C) groups is 1. The lowest BCUT2D eigenvalue weighted by Gasteiger charge is -2.40. The summed E-state index contributed by atoms with van der Waals surface area (Å²) in [6, 6.07) is 3.47. The van der Waals surface area contributed by atoms with Crippen molar-refractivity contribution in [1.82, 2.24) is 4.90 Å². The van der Waals surface area contributed by atoms with Gasteiger partial charge in [0.05, 0.1) is 19.1 Å². The molecular formula is C24H30FN3O6. The van der Waals surface area contributed by atoms with Crippen molar-refractivity contribution >= 4 is 23.9 Å². The maximum absolute atomic E-state index is 15.0. The fourth-order valence-corrected chi connectivity index (χ4v) is 3.70. The molecule has 10 heteroatoms. The van der Waals surface area contributed by atoms with Crippen LogP contribution < -0.4 is 5.73 Å². The number of halogens is 1. The normalized spacial score (nSPS) is 24.2. The van der Waals surface area contributed by atoms with Crippen LogP contribution in [0.4, 0.5) is 19.7 Å². The molecule has 184 valence electrons. The largest absolute Gasteiger partial charge is 0.458 e. The standard InChI is InChI=1S/C24H30FN3O6/c1-8-24(15-11-14(26)9-10-17(15)25)16-12-31-13-18(16)32-19(27-24)28(20(29)33-22(2,3)4)21(30)34-23(5,6)7/h1,9-11,16,18H,12-13,26H2,2-7H3/t16-,18+,24+/m0/s1. The maximum atomic E-state index is 15.0. The van der Waals surface area contributed by atoms with Gasteiger partial charge in [0.1, 0.15) is 23.1 Å². The number of carbonyl (C=O) groups is 2. The van der Waals surface area contributed by atoms with E-state index < -0.39 is 52.8 Å². The summed E-state index contributed by atoms with van der Waals surface area (Å²) < 4.78 is 37.3. The zero-order valence-corrected chi connectivity index (χ0v) is 20.2. The van der Waals surface area contributed by atoms with Crippen LogP contribution >= 0.6 is 0 Å². The number of fused-ring (bicyclic) bond motifs is 1. The van der Waals surface area contributed by atoms with Crippen molar-refractivity contribution < 1.29 is 32.9 Å². The molecule has 0 spiro atoms. The molecule has 3 atom stereocenters. The smallest absolute Gasteiger partial charge is 0.428 e. The summed E-state index contributed by atoms with van der Waals surface area (Å²) in [6.07, 6.45) is 3.04. The minimum Gasteiger partial charge on any atom is -0.458 e. The zero-order chi connectivity index (χ0) is 25.5. The number of benzene rings is 1. The highest BCUT2D eigenvalue weighted by Gasteiger charge is 2.55. The van der Waals surface area contributed by atoms with Gasteiger partial charge in [0.25, 0.3) is 0 Å². The van der Waals surface area contributed by atoms with Crippen LogP contribution in [0.15, 0.2) is 23.2 Å². The third-order valence-corrected chi connectivity index (χ3v) is 5.06. The van der Waals surface area contributed by atoms with Gasteiger partial charge >= 0.3 is 18.2 Å². The molecule has 0 saturated carbocycles. The molecule has 2 N–H and O–H groups in total. The summed E-state index contributed by atoms with van der Waals surface area (Å²) in [6.45, 7) is 10.0. The first-order chi connectivity index (χ1) is 15.7. The number of terminal acetylenes is 1. The molecule has 9 nitrogen and oxygen atoms in total. The van der Waals surface area contributed by atoms with Crippen molar-refractivity contribution in [3.63, 3.8) is 0 Å². The second-order valence-corrected chi connectivity index (χ2v) is 10.1. The van der Waals surface area contributed by atoms with E-state index in [0.29, 0.717) is 4.90 Å².